The Bertz CT molecular complexity index is 839. The normalized spacial score (nSPS) is 24.2. The predicted octanol–water partition coefficient (Wildman–Crippen LogP) is 0.642. The number of fused-ring (bicyclic) bond motifs is 2. The van der Waals surface area contributed by atoms with Crippen LogP contribution in [-0.4, -0.2) is 51.8 Å². The van der Waals surface area contributed by atoms with Gasteiger partial charge in [0.05, 0.1) is 10.9 Å². The van der Waals surface area contributed by atoms with Crippen LogP contribution in [0.2, 0.25) is 0 Å². The van der Waals surface area contributed by atoms with Crippen molar-refractivity contribution in [3.05, 3.63) is 27.7 Å². The van der Waals surface area contributed by atoms with Crippen LogP contribution in [-0.2, 0) is 7.05 Å². The van der Waals surface area contributed by atoms with Crippen molar-refractivity contribution < 1.29 is 4.79 Å². The highest BCUT2D eigenvalue weighted by Crippen LogP contribution is 2.28. The molecular formula is C17H23N5O2. The molecule has 2 aliphatic heterocycles. The fourth-order valence-electron chi connectivity index (χ4n) is 4.14. The van der Waals surface area contributed by atoms with Gasteiger partial charge in [0.2, 0.25) is 0 Å². The number of nitrogens with one attached hydrogen (secondary N) is 2. The van der Waals surface area contributed by atoms with Gasteiger partial charge >= 0.3 is 0 Å². The van der Waals surface area contributed by atoms with E-state index in [0.29, 0.717) is 28.4 Å². The number of carbonyl (C=O) groups excluding carboxylic acids is 1. The minimum atomic E-state index is -0.251. The number of aromatic amines is 1. The zero-order chi connectivity index (χ0) is 16.8. The number of nitrogens with zero attached hydrogens (tertiary/aromatic N) is 3. The van der Waals surface area contributed by atoms with E-state index in [0.717, 1.165) is 44.7 Å². The SMILES string of the molecule is Cc1cc(C(=O)N2CC[C@@H]3CNC[C@@H]3CC2)c2c(=O)[nH]n(C)c2n1. The maximum atomic E-state index is 13.1. The minimum Gasteiger partial charge on any atom is -0.339 e. The lowest BCUT2D eigenvalue weighted by atomic mass is 9.92. The van der Waals surface area contributed by atoms with Gasteiger partial charge in [-0.25, -0.2) is 4.98 Å². The van der Waals surface area contributed by atoms with Gasteiger partial charge in [0, 0.05) is 25.8 Å². The maximum Gasteiger partial charge on any atom is 0.274 e. The van der Waals surface area contributed by atoms with Gasteiger partial charge in [-0.1, -0.05) is 0 Å². The van der Waals surface area contributed by atoms with E-state index >= 15 is 0 Å². The van der Waals surface area contributed by atoms with E-state index in [1.807, 2.05) is 11.8 Å². The number of carbonyl (C=O) groups is 1. The zero-order valence-corrected chi connectivity index (χ0v) is 14.1. The zero-order valence-electron chi connectivity index (χ0n) is 14.1. The molecule has 0 bridgehead atoms. The molecule has 2 saturated heterocycles. The summed E-state index contributed by atoms with van der Waals surface area (Å²) in [4.78, 5) is 31.7. The van der Waals surface area contributed by atoms with Crippen molar-refractivity contribution in [1.29, 1.82) is 0 Å². The molecule has 128 valence electrons. The van der Waals surface area contributed by atoms with Crippen molar-refractivity contribution in [1.82, 2.24) is 25.0 Å². The van der Waals surface area contributed by atoms with Crippen LogP contribution in [0, 0.1) is 18.8 Å². The number of rotatable bonds is 1. The van der Waals surface area contributed by atoms with Gasteiger partial charge in [-0.15, -0.1) is 0 Å². The monoisotopic (exact) mass is 329 g/mol. The fourth-order valence-corrected chi connectivity index (χ4v) is 4.14. The molecule has 7 heteroatoms. The number of amides is 1. The topological polar surface area (TPSA) is 83.0 Å². The van der Waals surface area contributed by atoms with Gasteiger partial charge in [0.15, 0.2) is 5.65 Å². The number of H-pyrrole nitrogens is 1. The van der Waals surface area contributed by atoms with E-state index in [1.165, 1.54) is 0 Å². The number of aromatic nitrogens is 3. The van der Waals surface area contributed by atoms with E-state index in [4.69, 9.17) is 0 Å². The molecule has 0 saturated carbocycles. The standard InChI is InChI=1S/C17H23N5O2/c1-10-7-13(14-15(19-10)21(2)20-16(14)23)17(24)22-5-3-11-8-18-9-12(11)4-6-22/h7,11-12,18H,3-6,8-9H2,1-2H3,(H,20,23)/t11-,12+. The van der Waals surface area contributed by atoms with Crippen molar-refractivity contribution in [2.75, 3.05) is 26.2 Å². The third kappa shape index (κ3) is 2.43. The molecule has 2 fully saturated rings. The van der Waals surface area contributed by atoms with Gasteiger partial charge in [-0.3, -0.25) is 19.4 Å². The predicted molar refractivity (Wildman–Crippen MR) is 91.1 cm³/mol. The van der Waals surface area contributed by atoms with Gasteiger partial charge in [0.25, 0.3) is 11.5 Å². The molecule has 4 rings (SSSR count). The maximum absolute atomic E-state index is 13.1. The molecule has 2 atom stereocenters. The summed E-state index contributed by atoms with van der Waals surface area (Å²) in [5.41, 5.74) is 1.51. The molecule has 2 aliphatic rings. The highest BCUT2D eigenvalue weighted by molar-refractivity contribution is 6.05. The Balaban J connectivity index is 1.69. The number of pyridine rings is 1. The van der Waals surface area contributed by atoms with Crippen molar-refractivity contribution in [3.8, 4) is 0 Å². The summed E-state index contributed by atoms with van der Waals surface area (Å²) in [5.74, 6) is 1.29. The molecule has 4 heterocycles. The number of likely N-dealkylation sites (tertiary alicyclic amines) is 1. The summed E-state index contributed by atoms with van der Waals surface area (Å²) in [6.07, 6.45) is 2.06. The summed E-state index contributed by atoms with van der Waals surface area (Å²) >= 11 is 0. The molecule has 0 aliphatic carbocycles. The minimum absolute atomic E-state index is 0.0462. The van der Waals surface area contributed by atoms with E-state index in [1.54, 1.807) is 17.8 Å². The van der Waals surface area contributed by atoms with Crippen molar-refractivity contribution in [2.24, 2.45) is 18.9 Å². The van der Waals surface area contributed by atoms with E-state index in [2.05, 4.69) is 15.4 Å². The molecule has 2 N–H and O–H groups in total. The van der Waals surface area contributed by atoms with Crippen molar-refractivity contribution >= 4 is 16.9 Å². The lowest BCUT2D eigenvalue weighted by molar-refractivity contribution is 0.0760. The highest BCUT2D eigenvalue weighted by Gasteiger charge is 2.32. The molecule has 0 spiro atoms. The van der Waals surface area contributed by atoms with Crippen LogP contribution >= 0.6 is 0 Å². The molecule has 2 aromatic heterocycles. The molecule has 1 amide bonds. The van der Waals surface area contributed by atoms with Crippen LogP contribution in [0.25, 0.3) is 11.0 Å². The summed E-state index contributed by atoms with van der Waals surface area (Å²) in [7, 11) is 1.74. The Hall–Kier alpha value is -2.15. The molecule has 0 aromatic carbocycles. The third-order valence-corrected chi connectivity index (χ3v) is 5.48. The number of hydrogen-bond donors (Lipinski definition) is 2. The van der Waals surface area contributed by atoms with Crippen molar-refractivity contribution in [2.45, 2.75) is 19.8 Å². The Morgan fingerprint density at radius 1 is 1.25 bits per heavy atom. The summed E-state index contributed by atoms with van der Waals surface area (Å²) in [6, 6.07) is 1.74. The third-order valence-electron chi connectivity index (χ3n) is 5.48. The van der Waals surface area contributed by atoms with Crippen LogP contribution < -0.4 is 10.9 Å². The van der Waals surface area contributed by atoms with Gasteiger partial charge in [-0.2, -0.15) is 0 Å². The second-order valence-corrected chi connectivity index (χ2v) is 7.06. The van der Waals surface area contributed by atoms with Gasteiger partial charge < -0.3 is 10.2 Å². The van der Waals surface area contributed by atoms with Crippen LogP contribution in [0.3, 0.4) is 0 Å². The summed E-state index contributed by atoms with van der Waals surface area (Å²) in [5, 5.41) is 6.56. The first-order valence-electron chi connectivity index (χ1n) is 8.61. The highest BCUT2D eigenvalue weighted by atomic mass is 16.2. The lowest BCUT2D eigenvalue weighted by Gasteiger charge is -2.21. The van der Waals surface area contributed by atoms with Crippen LogP contribution in [0.1, 0.15) is 28.9 Å². The molecule has 2 aromatic rings. The molecular weight excluding hydrogens is 306 g/mol. The van der Waals surface area contributed by atoms with E-state index in [9.17, 15) is 9.59 Å². The summed E-state index contributed by atoms with van der Waals surface area (Å²) in [6.45, 7) is 5.49. The second-order valence-electron chi connectivity index (χ2n) is 7.06. The van der Waals surface area contributed by atoms with E-state index < -0.39 is 0 Å². The average molecular weight is 329 g/mol. The van der Waals surface area contributed by atoms with Crippen LogP contribution in [0.5, 0.6) is 0 Å². The molecule has 0 radical (unpaired) electrons. The van der Waals surface area contributed by atoms with Crippen LogP contribution in [0.15, 0.2) is 10.9 Å². The first-order valence-corrected chi connectivity index (χ1v) is 8.61. The summed E-state index contributed by atoms with van der Waals surface area (Å²) < 4.78 is 1.58. The Kier molecular flexibility index (Phi) is 3.68. The number of aryl methyl sites for hydroxylation is 2. The van der Waals surface area contributed by atoms with Gasteiger partial charge in [0.1, 0.15) is 0 Å². The second kappa shape index (κ2) is 5.73. The number of hydrogen-bond acceptors (Lipinski definition) is 4. The van der Waals surface area contributed by atoms with Gasteiger partial charge in [-0.05, 0) is 50.8 Å². The first kappa shape index (κ1) is 15.4. The largest absolute Gasteiger partial charge is 0.339 e. The molecule has 0 unspecified atom stereocenters. The Morgan fingerprint density at radius 2 is 1.92 bits per heavy atom. The lowest BCUT2D eigenvalue weighted by Crippen LogP contribution is -2.33. The first-order chi connectivity index (χ1) is 11.5. The molecule has 24 heavy (non-hydrogen) atoms. The fraction of sp³-hybridized carbons (Fsp3) is 0.588. The van der Waals surface area contributed by atoms with E-state index in [-0.39, 0.29) is 11.5 Å². The Morgan fingerprint density at radius 3 is 2.58 bits per heavy atom. The van der Waals surface area contributed by atoms with Crippen LogP contribution in [0.4, 0.5) is 0 Å². The quantitative estimate of drug-likeness (QED) is 0.804. The molecule has 7 nitrogen and oxygen atoms in total. The average Bonchev–Trinajstić information content (AvgIpc) is 3.05. The smallest absolute Gasteiger partial charge is 0.274 e. The van der Waals surface area contributed by atoms with Crippen molar-refractivity contribution in [3.63, 3.8) is 0 Å². The Labute approximate surface area is 140 Å².